The zero-order valence-corrected chi connectivity index (χ0v) is 13.7. The number of benzene rings is 2. The molecule has 0 saturated carbocycles. The van der Waals surface area contributed by atoms with Crippen molar-refractivity contribution >= 4 is 23.2 Å². The number of nitrogens with one attached hydrogen (secondary N) is 2. The molecule has 0 radical (unpaired) electrons. The lowest BCUT2D eigenvalue weighted by atomic mass is 10.1. The summed E-state index contributed by atoms with van der Waals surface area (Å²) in [5.41, 5.74) is 4.56. The molecule has 0 aliphatic carbocycles. The summed E-state index contributed by atoms with van der Waals surface area (Å²) in [5, 5.41) is 14.8. The van der Waals surface area contributed by atoms with Gasteiger partial charge in [-0.15, -0.1) is 0 Å². The van der Waals surface area contributed by atoms with Crippen LogP contribution in [0, 0.1) is 27.7 Å². The second-order valence-electron chi connectivity index (χ2n) is 5.70. The normalized spacial score (nSPS) is 10.3. The minimum atomic E-state index is -0.830. The van der Waals surface area contributed by atoms with Crippen LogP contribution in [-0.2, 0) is 9.59 Å². The van der Waals surface area contributed by atoms with Gasteiger partial charge in [0.05, 0.1) is 5.69 Å². The SMILES string of the molecule is Cc1cc(C)c(NC(=O)C(=O)Nc2ccc(C)cc2O)c(C)c1. The second-order valence-corrected chi connectivity index (χ2v) is 5.70. The van der Waals surface area contributed by atoms with E-state index < -0.39 is 11.8 Å². The van der Waals surface area contributed by atoms with Gasteiger partial charge in [0, 0.05) is 5.69 Å². The van der Waals surface area contributed by atoms with E-state index in [2.05, 4.69) is 10.6 Å². The third-order valence-corrected chi connectivity index (χ3v) is 3.52. The lowest BCUT2D eigenvalue weighted by Gasteiger charge is -2.13. The molecule has 0 fully saturated rings. The Bertz CT molecular complexity index is 759. The lowest BCUT2D eigenvalue weighted by Crippen LogP contribution is -2.29. The molecule has 2 rings (SSSR count). The fourth-order valence-corrected chi connectivity index (χ4v) is 2.47. The second kappa shape index (κ2) is 6.52. The van der Waals surface area contributed by atoms with Gasteiger partial charge in [-0.1, -0.05) is 23.8 Å². The summed E-state index contributed by atoms with van der Waals surface area (Å²) in [7, 11) is 0. The molecular formula is C18H20N2O3. The molecule has 0 aromatic heterocycles. The number of anilines is 2. The maximum absolute atomic E-state index is 12.1. The smallest absolute Gasteiger partial charge is 0.314 e. The summed E-state index contributed by atoms with van der Waals surface area (Å²) in [4.78, 5) is 24.1. The first-order chi connectivity index (χ1) is 10.8. The highest BCUT2D eigenvalue weighted by atomic mass is 16.3. The summed E-state index contributed by atoms with van der Waals surface area (Å²) in [5.74, 6) is -1.68. The molecule has 0 saturated heterocycles. The number of rotatable bonds is 2. The van der Waals surface area contributed by atoms with Crippen molar-refractivity contribution in [2.75, 3.05) is 10.6 Å². The minimum Gasteiger partial charge on any atom is -0.506 e. The Balaban J connectivity index is 2.13. The molecule has 0 aliphatic heterocycles. The van der Waals surface area contributed by atoms with Crippen LogP contribution in [-0.4, -0.2) is 16.9 Å². The monoisotopic (exact) mass is 312 g/mol. The third kappa shape index (κ3) is 3.88. The fraction of sp³-hybridized carbons (Fsp3) is 0.222. The zero-order chi connectivity index (χ0) is 17.1. The van der Waals surface area contributed by atoms with Crippen LogP contribution in [0.3, 0.4) is 0 Å². The first-order valence-electron chi connectivity index (χ1n) is 7.27. The van der Waals surface area contributed by atoms with Crippen LogP contribution >= 0.6 is 0 Å². The molecule has 2 aromatic rings. The van der Waals surface area contributed by atoms with E-state index in [-0.39, 0.29) is 11.4 Å². The van der Waals surface area contributed by atoms with Crippen LogP contribution < -0.4 is 10.6 Å². The maximum atomic E-state index is 12.1. The van der Waals surface area contributed by atoms with Crippen LogP contribution in [0.1, 0.15) is 22.3 Å². The highest BCUT2D eigenvalue weighted by Gasteiger charge is 2.17. The molecule has 120 valence electrons. The summed E-state index contributed by atoms with van der Waals surface area (Å²) >= 11 is 0. The van der Waals surface area contributed by atoms with Crippen molar-refractivity contribution in [3.63, 3.8) is 0 Å². The molecule has 5 heteroatoms. The summed E-state index contributed by atoms with van der Waals surface area (Å²) in [6, 6.07) is 8.68. The van der Waals surface area contributed by atoms with Gasteiger partial charge in [-0.05, 0) is 56.5 Å². The van der Waals surface area contributed by atoms with E-state index in [0.29, 0.717) is 5.69 Å². The average molecular weight is 312 g/mol. The minimum absolute atomic E-state index is 0.0751. The van der Waals surface area contributed by atoms with Crippen LogP contribution in [0.25, 0.3) is 0 Å². The largest absolute Gasteiger partial charge is 0.506 e. The molecule has 0 spiro atoms. The topological polar surface area (TPSA) is 78.4 Å². The molecule has 0 heterocycles. The molecule has 2 aromatic carbocycles. The average Bonchev–Trinajstić information content (AvgIpc) is 2.45. The van der Waals surface area contributed by atoms with E-state index in [1.54, 1.807) is 12.1 Å². The van der Waals surface area contributed by atoms with Gasteiger partial charge in [-0.3, -0.25) is 9.59 Å². The van der Waals surface area contributed by atoms with Crippen molar-refractivity contribution in [2.45, 2.75) is 27.7 Å². The maximum Gasteiger partial charge on any atom is 0.314 e. The van der Waals surface area contributed by atoms with Gasteiger partial charge in [0.25, 0.3) is 0 Å². The number of aryl methyl sites for hydroxylation is 4. The van der Waals surface area contributed by atoms with Crippen molar-refractivity contribution < 1.29 is 14.7 Å². The molecule has 5 nitrogen and oxygen atoms in total. The number of aromatic hydroxyl groups is 1. The zero-order valence-electron chi connectivity index (χ0n) is 13.7. The fourth-order valence-electron chi connectivity index (χ4n) is 2.47. The van der Waals surface area contributed by atoms with Gasteiger partial charge in [0.1, 0.15) is 5.75 Å². The highest BCUT2D eigenvalue weighted by Crippen LogP contribution is 2.24. The molecule has 3 N–H and O–H groups in total. The quantitative estimate of drug-likeness (QED) is 0.588. The number of phenolic OH excluding ortho intramolecular Hbond substituents is 1. The van der Waals surface area contributed by atoms with E-state index in [0.717, 1.165) is 22.3 Å². The number of hydrogen-bond donors (Lipinski definition) is 3. The van der Waals surface area contributed by atoms with Crippen molar-refractivity contribution in [2.24, 2.45) is 0 Å². The number of hydrogen-bond acceptors (Lipinski definition) is 3. The molecule has 0 aliphatic rings. The first kappa shape index (κ1) is 16.5. The lowest BCUT2D eigenvalue weighted by molar-refractivity contribution is -0.133. The van der Waals surface area contributed by atoms with E-state index in [1.807, 2.05) is 39.8 Å². The Hall–Kier alpha value is -2.82. The number of carbonyl (C=O) groups is 2. The van der Waals surface area contributed by atoms with Crippen LogP contribution in [0.5, 0.6) is 5.75 Å². The van der Waals surface area contributed by atoms with E-state index in [1.165, 1.54) is 6.07 Å². The van der Waals surface area contributed by atoms with Crippen LogP contribution in [0.2, 0.25) is 0 Å². The van der Waals surface area contributed by atoms with E-state index >= 15 is 0 Å². The first-order valence-corrected chi connectivity index (χ1v) is 7.27. The molecule has 0 atom stereocenters. The Kier molecular flexibility index (Phi) is 4.69. The summed E-state index contributed by atoms with van der Waals surface area (Å²) < 4.78 is 0. The summed E-state index contributed by atoms with van der Waals surface area (Å²) in [6.45, 7) is 7.54. The summed E-state index contributed by atoms with van der Waals surface area (Å²) in [6.07, 6.45) is 0. The number of carbonyl (C=O) groups excluding carboxylic acids is 2. The Morgan fingerprint density at radius 3 is 1.96 bits per heavy atom. The number of phenols is 1. The van der Waals surface area contributed by atoms with E-state index in [4.69, 9.17) is 0 Å². The van der Waals surface area contributed by atoms with Gasteiger partial charge >= 0.3 is 11.8 Å². The van der Waals surface area contributed by atoms with Gasteiger partial charge in [0.2, 0.25) is 0 Å². The molecule has 0 bridgehead atoms. The van der Waals surface area contributed by atoms with Crippen LogP contribution in [0.15, 0.2) is 30.3 Å². The Labute approximate surface area is 135 Å². The predicted molar refractivity (Wildman–Crippen MR) is 90.8 cm³/mol. The van der Waals surface area contributed by atoms with Crippen LogP contribution in [0.4, 0.5) is 11.4 Å². The van der Waals surface area contributed by atoms with Crippen molar-refractivity contribution in [1.29, 1.82) is 0 Å². The molecule has 2 amide bonds. The van der Waals surface area contributed by atoms with Crippen molar-refractivity contribution in [3.05, 3.63) is 52.6 Å². The van der Waals surface area contributed by atoms with Crippen molar-refractivity contribution in [3.8, 4) is 5.75 Å². The predicted octanol–water partition coefficient (Wildman–Crippen LogP) is 3.20. The van der Waals surface area contributed by atoms with Gasteiger partial charge in [0.15, 0.2) is 0 Å². The molecule has 23 heavy (non-hydrogen) atoms. The molecular weight excluding hydrogens is 292 g/mol. The number of amides is 2. The molecule has 0 unspecified atom stereocenters. The standard InChI is InChI=1S/C18H20N2O3/c1-10-5-6-14(15(21)9-10)19-17(22)18(23)20-16-12(3)7-11(2)8-13(16)4/h5-9,21H,1-4H3,(H,19,22)(H,20,23). The van der Waals surface area contributed by atoms with Gasteiger partial charge < -0.3 is 15.7 Å². The van der Waals surface area contributed by atoms with E-state index in [9.17, 15) is 14.7 Å². The third-order valence-electron chi connectivity index (χ3n) is 3.52. The van der Waals surface area contributed by atoms with Crippen molar-refractivity contribution in [1.82, 2.24) is 0 Å². The van der Waals surface area contributed by atoms with Gasteiger partial charge in [-0.2, -0.15) is 0 Å². The highest BCUT2D eigenvalue weighted by molar-refractivity contribution is 6.43. The Morgan fingerprint density at radius 1 is 0.826 bits per heavy atom. The van der Waals surface area contributed by atoms with Gasteiger partial charge in [-0.25, -0.2) is 0 Å². The Morgan fingerprint density at radius 2 is 1.39 bits per heavy atom.